The molecule has 0 N–H and O–H groups in total. The molecule has 2 amide bonds. The summed E-state index contributed by atoms with van der Waals surface area (Å²) in [6.07, 6.45) is 2.62. The molecule has 8 nitrogen and oxygen atoms in total. The van der Waals surface area contributed by atoms with Gasteiger partial charge in [-0.25, -0.2) is 9.18 Å². The van der Waals surface area contributed by atoms with Crippen LogP contribution in [-0.4, -0.2) is 62.4 Å². The number of aromatic nitrogens is 3. The lowest BCUT2D eigenvalue weighted by molar-refractivity contribution is -0.153. The standard InChI is InChI=1S/C24H27ClFN5O3/c1-14(9-26)34-23(33)29-10-16-6-18(25)4-5-19(16)31-20(11-29)27-28-21(31)17-7-24(8-17)12-30(13-24)22(32)15-2-3-15/h4-6,14-15,17H,2-3,7-13H2,1H3/t14-/m0/s1. The van der Waals surface area contributed by atoms with Gasteiger partial charge in [0.2, 0.25) is 5.91 Å². The molecule has 1 spiro atoms. The molecule has 2 aliphatic carbocycles. The van der Waals surface area contributed by atoms with Gasteiger partial charge in [-0.3, -0.25) is 14.3 Å². The Morgan fingerprint density at radius 2 is 1.97 bits per heavy atom. The lowest BCUT2D eigenvalue weighted by Crippen LogP contribution is -2.63. The van der Waals surface area contributed by atoms with E-state index in [0.717, 1.165) is 55.8 Å². The smallest absolute Gasteiger partial charge is 0.410 e. The van der Waals surface area contributed by atoms with E-state index in [4.69, 9.17) is 16.3 Å². The number of hydrogen-bond acceptors (Lipinski definition) is 5. The molecule has 180 valence electrons. The number of carbonyl (C=O) groups is 2. The van der Waals surface area contributed by atoms with Crippen LogP contribution in [0.25, 0.3) is 5.69 Å². The molecule has 10 heteroatoms. The molecule has 3 heterocycles. The number of benzene rings is 1. The number of halogens is 2. The molecule has 0 radical (unpaired) electrons. The molecule has 1 atom stereocenters. The molecule has 0 unspecified atom stereocenters. The molecular formula is C24H27ClFN5O3. The number of ether oxygens (including phenoxy) is 1. The zero-order valence-corrected chi connectivity index (χ0v) is 19.8. The number of rotatable bonds is 4. The van der Waals surface area contributed by atoms with Crippen LogP contribution < -0.4 is 0 Å². The molecule has 2 aromatic rings. The van der Waals surface area contributed by atoms with Crippen molar-refractivity contribution >= 4 is 23.6 Å². The minimum Gasteiger partial charge on any atom is -0.444 e. The Balaban J connectivity index is 1.24. The van der Waals surface area contributed by atoms with E-state index < -0.39 is 18.9 Å². The van der Waals surface area contributed by atoms with Gasteiger partial charge in [-0.2, -0.15) is 0 Å². The number of likely N-dealkylation sites (tertiary alicyclic amines) is 1. The van der Waals surface area contributed by atoms with Gasteiger partial charge in [0.05, 0.1) is 18.8 Å². The average Bonchev–Trinajstić information content (AvgIpc) is 3.55. The van der Waals surface area contributed by atoms with Gasteiger partial charge < -0.3 is 9.64 Å². The van der Waals surface area contributed by atoms with Crippen molar-refractivity contribution in [2.75, 3.05) is 19.8 Å². The van der Waals surface area contributed by atoms with Crippen LogP contribution in [0.2, 0.25) is 5.02 Å². The monoisotopic (exact) mass is 487 g/mol. The SMILES string of the molecule is C[C@@H](CF)OC(=O)N1Cc2cc(Cl)ccc2-n2c(nnc2C2CC3(C2)CN(C(=O)C2CC2)C3)C1. The van der Waals surface area contributed by atoms with Gasteiger partial charge in [0.25, 0.3) is 0 Å². The van der Waals surface area contributed by atoms with Gasteiger partial charge in [-0.05, 0) is 56.4 Å². The molecule has 2 saturated carbocycles. The Kier molecular flexibility index (Phi) is 5.09. The van der Waals surface area contributed by atoms with E-state index in [0.29, 0.717) is 16.8 Å². The van der Waals surface area contributed by atoms with Crippen molar-refractivity contribution in [2.24, 2.45) is 11.3 Å². The van der Waals surface area contributed by atoms with Crippen molar-refractivity contribution in [1.29, 1.82) is 0 Å². The summed E-state index contributed by atoms with van der Waals surface area (Å²) >= 11 is 6.28. The van der Waals surface area contributed by atoms with Gasteiger partial charge in [0, 0.05) is 35.4 Å². The highest BCUT2D eigenvalue weighted by Crippen LogP contribution is 2.56. The number of fused-ring (bicyclic) bond motifs is 3. The van der Waals surface area contributed by atoms with E-state index in [9.17, 15) is 14.0 Å². The highest BCUT2D eigenvalue weighted by Gasteiger charge is 2.56. The van der Waals surface area contributed by atoms with Crippen LogP contribution in [0.15, 0.2) is 18.2 Å². The van der Waals surface area contributed by atoms with E-state index in [1.165, 1.54) is 11.8 Å². The normalized spacial score (nSPS) is 21.7. The fourth-order valence-electron chi connectivity index (χ4n) is 5.63. The highest BCUT2D eigenvalue weighted by molar-refractivity contribution is 6.30. The minimum atomic E-state index is -0.817. The van der Waals surface area contributed by atoms with Crippen molar-refractivity contribution in [1.82, 2.24) is 24.6 Å². The number of amides is 2. The van der Waals surface area contributed by atoms with Crippen LogP contribution in [0.5, 0.6) is 0 Å². The Morgan fingerprint density at radius 3 is 2.68 bits per heavy atom. The van der Waals surface area contributed by atoms with Crippen LogP contribution in [0, 0.1) is 11.3 Å². The third kappa shape index (κ3) is 3.65. The summed E-state index contributed by atoms with van der Waals surface area (Å²) in [5, 5.41) is 9.53. The zero-order chi connectivity index (χ0) is 23.6. The molecule has 1 saturated heterocycles. The molecule has 34 heavy (non-hydrogen) atoms. The second kappa shape index (κ2) is 7.93. The molecule has 4 aliphatic rings. The van der Waals surface area contributed by atoms with Crippen LogP contribution in [0.1, 0.15) is 55.7 Å². The molecule has 1 aromatic heterocycles. The van der Waals surface area contributed by atoms with Gasteiger partial charge in [-0.15, -0.1) is 10.2 Å². The fraction of sp³-hybridized carbons (Fsp3) is 0.583. The summed E-state index contributed by atoms with van der Waals surface area (Å²) in [5.74, 6) is 2.36. The highest BCUT2D eigenvalue weighted by atomic mass is 35.5. The second-order valence-electron chi connectivity index (χ2n) is 10.4. The van der Waals surface area contributed by atoms with E-state index >= 15 is 0 Å². The molecule has 0 bridgehead atoms. The Hall–Kier alpha value is -2.68. The Bertz CT molecular complexity index is 1150. The maximum absolute atomic E-state index is 12.9. The number of nitrogens with zero attached hydrogens (tertiary/aromatic N) is 5. The number of alkyl halides is 1. The first-order valence-corrected chi connectivity index (χ1v) is 12.3. The summed E-state index contributed by atoms with van der Waals surface area (Å²) in [5.41, 5.74) is 1.96. The van der Waals surface area contributed by atoms with Crippen molar-refractivity contribution in [3.05, 3.63) is 40.4 Å². The number of hydrogen-bond donors (Lipinski definition) is 0. The summed E-state index contributed by atoms with van der Waals surface area (Å²) in [7, 11) is 0. The van der Waals surface area contributed by atoms with Gasteiger partial charge in [0.15, 0.2) is 5.82 Å². The van der Waals surface area contributed by atoms with E-state index in [-0.39, 0.29) is 30.3 Å². The lowest BCUT2D eigenvalue weighted by Gasteiger charge is -2.58. The Morgan fingerprint density at radius 1 is 1.21 bits per heavy atom. The quantitative estimate of drug-likeness (QED) is 0.654. The first kappa shape index (κ1) is 21.8. The van der Waals surface area contributed by atoms with Crippen LogP contribution in [0.3, 0.4) is 0 Å². The maximum atomic E-state index is 12.9. The van der Waals surface area contributed by atoms with Crippen LogP contribution in [-0.2, 0) is 22.6 Å². The predicted molar refractivity (Wildman–Crippen MR) is 121 cm³/mol. The van der Waals surface area contributed by atoms with Gasteiger partial charge in [0.1, 0.15) is 18.6 Å². The minimum absolute atomic E-state index is 0.202. The van der Waals surface area contributed by atoms with Crippen LogP contribution in [0.4, 0.5) is 9.18 Å². The summed E-state index contributed by atoms with van der Waals surface area (Å²) in [6.45, 7) is 2.96. The van der Waals surface area contributed by atoms with E-state index in [1.807, 2.05) is 27.7 Å². The number of carbonyl (C=O) groups excluding carboxylic acids is 2. The molecule has 1 aromatic carbocycles. The summed E-state index contributed by atoms with van der Waals surface area (Å²) < 4.78 is 20.2. The summed E-state index contributed by atoms with van der Waals surface area (Å²) in [6, 6.07) is 5.59. The summed E-state index contributed by atoms with van der Waals surface area (Å²) in [4.78, 5) is 28.6. The van der Waals surface area contributed by atoms with Crippen molar-refractivity contribution < 1.29 is 18.7 Å². The third-order valence-electron chi connectivity index (χ3n) is 7.52. The van der Waals surface area contributed by atoms with Crippen molar-refractivity contribution in [3.8, 4) is 5.69 Å². The largest absolute Gasteiger partial charge is 0.444 e. The molecule has 2 aliphatic heterocycles. The van der Waals surface area contributed by atoms with Crippen LogP contribution >= 0.6 is 11.6 Å². The van der Waals surface area contributed by atoms with Gasteiger partial charge in [-0.1, -0.05) is 11.6 Å². The maximum Gasteiger partial charge on any atom is 0.410 e. The Labute approximate surface area is 202 Å². The lowest BCUT2D eigenvalue weighted by atomic mass is 9.57. The van der Waals surface area contributed by atoms with Gasteiger partial charge >= 0.3 is 6.09 Å². The fourth-order valence-corrected chi connectivity index (χ4v) is 5.83. The molecular weight excluding hydrogens is 461 g/mol. The predicted octanol–water partition coefficient (Wildman–Crippen LogP) is 3.85. The first-order chi connectivity index (χ1) is 16.4. The average molecular weight is 488 g/mol. The van der Waals surface area contributed by atoms with Crippen molar-refractivity contribution in [2.45, 2.75) is 57.7 Å². The topological polar surface area (TPSA) is 80.6 Å². The third-order valence-corrected chi connectivity index (χ3v) is 7.76. The van der Waals surface area contributed by atoms with E-state index in [2.05, 4.69) is 10.2 Å². The molecule has 3 fully saturated rings. The zero-order valence-electron chi connectivity index (χ0n) is 19.0. The first-order valence-electron chi connectivity index (χ1n) is 11.9. The van der Waals surface area contributed by atoms with Crippen molar-refractivity contribution in [3.63, 3.8) is 0 Å². The molecule has 6 rings (SSSR count). The second-order valence-corrected chi connectivity index (χ2v) is 10.8. The van der Waals surface area contributed by atoms with E-state index in [1.54, 1.807) is 0 Å².